The number of esters is 1. The summed E-state index contributed by atoms with van der Waals surface area (Å²) in [4.78, 5) is 48.5. The Morgan fingerprint density at radius 2 is 1.93 bits per heavy atom. The first-order valence-corrected chi connectivity index (χ1v) is 11.0. The van der Waals surface area contributed by atoms with Crippen molar-refractivity contribution in [2.45, 2.75) is 56.4 Å². The van der Waals surface area contributed by atoms with Gasteiger partial charge in [-0.1, -0.05) is 48.7 Å². The Kier molecular flexibility index (Phi) is 4.98. The van der Waals surface area contributed by atoms with Crippen molar-refractivity contribution in [1.82, 2.24) is 0 Å². The summed E-state index contributed by atoms with van der Waals surface area (Å²) < 4.78 is 5.44. The highest BCUT2D eigenvalue weighted by Gasteiger charge is 2.71. The molecule has 0 aromatic heterocycles. The number of ether oxygens (including phenoxy) is 1. The molecule has 4 aliphatic carbocycles. The minimum Gasteiger partial charge on any atom is -0.478 e. The maximum Gasteiger partial charge on any atom is 0.348 e. The molecule has 0 aliphatic heterocycles. The van der Waals surface area contributed by atoms with Crippen LogP contribution in [-0.2, 0) is 23.9 Å². The topological polar surface area (TPSA) is 97.7 Å². The van der Waals surface area contributed by atoms with Gasteiger partial charge in [0.25, 0.3) is 0 Å². The van der Waals surface area contributed by atoms with Crippen LogP contribution >= 0.6 is 23.2 Å². The van der Waals surface area contributed by atoms with Gasteiger partial charge in [-0.05, 0) is 49.7 Å². The van der Waals surface area contributed by atoms with E-state index in [0.717, 1.165) is 5.57 Å². The summed E-state index contributed by atoms with van der Waals surface area (Å²) in [5, 5.41) is 10.1. The summed E-state index contributed by atoms with van der Waals surface area (Å²) in [7, 11) is 0. The average molecular weight is 455 g/mol. The number of hydrogen-bond acceptors (Lipinski definition) is 5. The van der Waals surface area contributed by atoms with Crippen molar-refractivity contribution in [1.29, 1.82) is 0 Å². The first-order chi connectivity index (χ1) is 14.0. The standard InChI is InChI=1S/C22H24Cl2O6/c1-20-7-5-12(25)9-11(20)3-4-13-14-6-8-22(19(28)29,30-18(27)17(23)24)21(14,2)10-15(26)16(13)20/h5,7,9,13-14,16-17H,3-4,6,8,10H2,1-2H3,(H,28,29)/t13-,14-,16+,20-,21-,22-/m0/s1. The molecule has 3 saturated carbocycles. The van der Waals surface area contributed by atoms with E-state index in [0.29, 0.717) is 19.3 Å². The van der Waals surface area contributed by atoms with E-state index >= 15 is 0 Å². The lowest BCUT2D eigenvalue weighted by molar-refractivity contribution is -0.200. The van der Waals surface area contributed by atoms with Gasteiger partial charge in [-0.15, -0.1) is 0 Å². The zero-order valence-corrected chi connectivity index (χ0v) is 18.3. The predicted octanol–water partition coefficient (Wildman–Crippen LogP) is 3.64. The molecule has 6 nitrogen and oxygen atoms in total. The predicted molar refractivity (Wildman–Crippen MR) is 109 cm³/mol. The van der Waals surface area contributed by atoms with Gasteiger partial charge in [-0.25, -0.2) is 9.59 Å². The van der Waals surface area contributed by atoms with Crippen LogP contribution in [0.5, 0.6) is 0 Å². The van der Waals surface area contributed by atoms with Gasteiger partial charge in [0.2, 0.25) is 10.4 Å². The van der Waals surface area contributed by atoms with Crippen molar-refractivity contribution in [2.24, 2.45) is 28.6 Å². The Morgan fingerprint density at radius 3 is 2.57 bits per heavy atom. The fraction of sp³-hybridized carbons (Fsp3) is 0.636. The van der Waals surface area contributed by atoms with E-state index in [9.17, 15) is 24.3 Å². The number of fused-ring (bicyclic) bond motifs is 5. The molecule has 30 heavy (non-hydrogen) atoms. The number of carbonyl (C=O) groups is 4. The average Bonchev–Trinajstić information content (AvgIpc) is 2.94. The highest BCUT2D eigenvalue weighted by molar-refractivity contribution is 6.53. The molecule has 0 bridgehead atoms. The van der Waals surface area contributed by atoms with E-state index in [1.54, 1.807) is 13.0 Å². The summed E-state index contributed by atoms with van der Waals surface area (Å²) in [5.74, 6) is -2.89. The SMILES string of the molecule is C[C@]12C=CC(=O)C=C1CC[C@@H]1[C@@H]2C(=O)C[C@@]2(C)[C@H]1CC[C@]2(OC(=O)C(Cl)Cl)C(=O)O. The summed E-state index contributed by atoms with van der Waals surface area (Å²) in [5.41, 5.74) is -2.47. The third kappa shape index (κ3) is 2.76. The van der Waals surface area contributed by atoms with Crippen LogP contribution in [0.1, 0.15) is 46.0 Å². The fourth-order valence-corrected chi connectivity index (χ4v) is 6.89. The maximum absolute atomic E-state index is 13.5. The number of hydrogen-bond donors (Lipinski definition) is 1. The molecule has 0 spiro atoms. The van der Waals surface area contributed by atoms with Gasteiger partial charge in [0, 0.05) is 23.2 Å². The lowest BCUT2D eigenvalue weighted by atomic mass is 9.47. The molecule has 4 aliphatic rings. The van der Waals surface area contributed by atoms with Crippen LogP contribution in [0.2, 0.25) is 0 Å². The second-order valence-corrected chi connectivity index (χ2v) is 10.5. The van der Waals surface area contributed by atoms with Crippen molar-refractivity contribution < 1.29 is 29.0 Å². The number of ketones is 2. The molecule has 0 aromatic rings. The number of carboxylic acid groups (broad SMARTS) is 1. The van der Waals surface area contributed by atoms with Crippen LogP contribution in [-0.4, -0.2) is 39.0 Å². The third-order valence-electron chi connectivity index (χ3n) is 8.18. The smallest absolute Gasteiger partial charge is 0.348 e. The number of aliphatic carboxylic acids is 1. The summed E-state index contributed by atoms with van der Waals surface area (Å²) in [6, 6.07) is 0. The van der Waals surface area contributed by atoms with Crippen LogP contribution in [0.3, 0.4) is 0 Å². The van der Waals surface area contributed by atoms with Gasteiger partial charge in [-0.2, -0.15) is 0 Å². The third-order valence-corrected chi connectivity index (χ3v) is 8.53. The van der Waals surface area contributed by atoms with Crippen molar-refractivity contribution in [2.75, 3.05) is 0 Å². The molecule has 8 heteroatoms. The Balaban J connectivity index is 1.75. The second kappa shape index (κ2) is 6.92. The van der Waals surface area contributed by atoms with Gasteiger partial charge >= 0.3 is 11.9 Å². The first-order valence-electron chi connectivity index (χ1n) is 10.2. The lowest BCUT2D eigenvalue weighted by Crippen LogP contribution is -2.61. The minimum atomic E-state index is -1.84. The summed E-state index contributed by atoms with van der Waals surface area (Å²) in [6.07, 6.45) is 6.99. The molecule has 0 aromatic carbocycles. The molecule has 162 valence electrons. The molecule has 0 radical (unpaired) electrons. The van der Waals surface area contributed by atoms with Crippen LogP contribution in [0.15, 0.2) is 23.8 Å². The Morgan fingerprint density at radius 1 is 1.23 bits per heavy atom. The zero-order valence-electron chi connectivity index (χ0n) is 16.8. The van der Waals surface area contributed by atoms with E-state index in [1.807, 2.05) is 13.0 Å². The number of rotatable bonds is 3. The van der Waals surface area contributed by atoms with E-state index in [-0.39, 0.29) is 42.2 Å². The van der Waals surface area contributed by atoms with Gasteiger partial charge in [0.05, 0.1) is 0 Å². The molecular weight excluding hydrogens is 431 g/mol. The van der Waals surface area contributed by atoms with Crippen molar-refractivity contribution >= 4 is 46.7 Å². The van der Waals surface area contributed by atoms with E-state index in [1.165, 1.54) is 6.08 Å². The molecule has 0 heterocycles. The van der Waals surface area contributed by atoms with Gasteiger partial charge < -0.3 is 9.84 Å². The van der Waals surface area contributed by atoms with E-state index in [2.05, 4.69) is 0 Å². The van der Waals surface area contributed by atoms with Gasteiger partial charge in [-0.3, -0.25) is 9.59 Å². The van der Waals surface area contributed by atoms with Crippen LogP contribution < -0.4 is 0 Å². The molecule has 1 N–H and O–H groups in total. The largest absolute Gasteiger partial charge is 0.478 e. The van der Waals surface area contributed by atoms with Crippen LogP contribution in [0.4, 0.5) is 0 Å². The first kappa shape index (κ1) is 21.6. The summed E-state index contributed by atoms with van der Waals surface area (Å²) >= 11 is 11.3. The minimum absolute atomic E-state index is 0.0156. The Bertz CT molecular complexity index is 907. The number of halogens is 2. The molecule has 0 unspecified atom stereocenters. The van der Waals surface area contributed by atoms with Crippen molar-refractivity contribution in [3.8, 4) is 0 Å². The van der Waals surface area contributed by atoms with Crippen LogP contribution in [0.25, 0.3) is 0 Å². The molecule has 6 atom stereocenters. The highest BCUT2D eigenvalue weighted by Crippen LogP contribution is 2.66. The zero-order chi connectivity index (χ0) is 22.1. The summed E-state index contributed by atoms with van der Waals surface area (Å²) in [6.45, 7) is 3.73. The lowest BCUT2D eigenvalue weighted by Gasteiger charge is -2.56. The van der Waals surface area contributed by atoms with Gasteiger partial charge in [0.15, 0.2) is 5.78 Å². The highest BCUT2D eigenvalue weighted by atomic mass is 35.5. The molecular formula is C22H24Cl2O6. The maximum atomic E-state index is 13.5. The number of Topliss-reactive ketones (excluding diaryl/α,β-unsaturated/α-hetero) is 1. The quantitative estimate of drug-likeness (QED) is 0.516. The second-order valence-electron chi connectivity index (χ2n) is 9.43. The fourth-order valence-electron chi connectivity index (χ4n) is 6.80. The van der Waals surface area contributed by atoms with Crippen molar-refractivity contribution in [3.63, 3.8) is 0 Å². The normalized spacial score (nSPS) is 42.3. The molecule has 0 saturated heterocycles. The number of carboxylic acids is 1. The van der Waals surface area contributed by atoms with Crippen LogP contribution in [0, 0.1) is 28.6 Å². The molecule has 3 fully saturated rings. The van der Waals surface area contributed by atoms with E-state index < -0.39 is 33.2 Å². The number of carbonyl (C=O) groups excluding carboxylic acids is 3. The number of alkyl halides is 2. The Hall–Kier alpha value is -1.66. The molecule has 4 rings (SSSR count). The van der Waals surface area contributed by atoms with Gasteiger partial charge in [0.1, 0.15) is 5.78 Å². The molecule has 0 amide bonds. The Labute approximate surface area is 184 Å². The van der Waals surface area contributed by atoms with E-state index in [4.69, 9.17) is 27.9 Å². The monoisotopic (exact) mass is 454 g/mol. The number of allylic oxidation sites excluding steroid dienone is 4. The van der Waals surface area contributed by atoms with Crippen molar-refractivity contribution in [3.05, 3.63) is 23.8 Å².